The fourth-order valence-corrected chi connectivity index (χ4v) is 0.572. The monoisotopic (exact) mass is 242 g/mol. The fraction of sp³-hybridized carbons (Fsp3) is 0.833. The molecule has 2 nitrogen and oxygen atoms in total. The number of ether oxygens (including phenoxy) is 1. The Bertz CT molecular complexity index is 110. The average Bonchev–Trinajstić information content (AvgIpc) is 1.63. The molecule has 0 heterocycles. The fourth-order valence-electron chi connectivity index (χ4n) is 0.416. The van der Waals surface area contributed by atoms with Crippen LogP contribution >= 0.6 is 22.6 Å². The lowest BCUT2D eigenvalue weighted by molar-refractivity contribution is -0.151. The van der Waals surface area contributed by atoms with Crippen LogP contribution in [0.25, 0.3) is 0 Å². The predicted molar refractivity (Wildman–Crippen MR) is 44.7 cm³/mol. The molecule has 0 fully saturated rings. The van der Waals surface area contributed by atoms with E-state index in [1.54, 1.807) is 0 Å². The molecule has 0 aromatic carbocycles. The van der Waals surface area contributed by atoms with Crippen LogP contribution in [-0.4, -0.2) is 16.0 Å². The minimum absolute atomic E-state index is 0.211. The van der Waals surface area contributed by atoms with Gasteiger partial charge in [-0.1, -0.05) is 22.6 Å². The molecule has 0 aliphatic carbocycles. The summed E-state index contributed by atoms with van der Waals surface area (Å²) >= 11 is 2.19. The number of carbonyl (C=O) groups excluding carboxylic acids is 1. The summed E-state index contributed by atoms with van der Waals surface area (Å²) in [6.07, 6.45) is 0. The first-order valence-electron chi connectivity index (χ1n) is 2.73. The van der Waals surface area contributed by atoms with Gasteiger partial charge in [-0.05, 0) is 13.8 Å². The van der Waals surface area contributed by atoms with Crippen LogP contribution < -0.4 is 0 Å². The maximum Gasteiger partial charge on any atom is 0.303 e. The van der Waals surface area contributed by atoms with Gasteiger partial charge in [-0.25, -0.2) is 0 Å². The molecule has 0 unspecified atom stereocenters. The SMILES string of the molecule is CC(=O)OC(C)(C)CI. The first-order chi connectivity index (χ1) is 3.98. The molecule has 0 saturated heterocycles. The zero-order chi connectivity index (χ0) is 7.49. The number of esters is 1. The molecular weight excluding hydrogens is 231 g/mol. The Labute approximate surface area is 69.1 Å². The zero-order valence-corrected chi connectivity index (χ0v) is 8.06. The summed E-state index contributed by atoms with van der Waals surface area (Å²) in [5.41, 5.74) is -0.299. The van der Waals surface area contributed by atoms with Crippen molar-refractivity contribution in [3.05, 3.63) is 0 Å². The van der Waals surface area contributed by atoms with Crippen LogP contribution in [0.15, 0.2) is 0 Å². The van der Waals surface area contributed by atoms with Crippen LogP contribution in [-0.2, 0) is 9.53 Å². The van der Waals surface area contributed by atoms with Gasteiger partial charge in [-0.3, -0.25) is 4.79 Å². The van der Waals surface area contributed by atoms with E-state index in [0.717, 1.165) is 4.43 Å². The maximum absolute atomic E-state index is 10.4. The topological polar surface area (TPSA) is 26.3 Å². The molecule has 0 spiro atoms. The van der Waals surface area contributed by atoms with E-state index in [-0.39, 0.29) is 11.6 Å². The summed E-state index contributed by atoms with van der Waals surface area (Å²) in [6.45, 7) is 5.20. The van der Waals surface area contributed by atoms with Crippen LogP contribution in [0.2, 0.25) is 0 Å². The average molecular weight is 242 g/mol. The summed E-state index contributed by atoms with van der Waals surface area (Å²) in [4.78, 5) is 10.4. The second kappa shape index (κ2) is 3.39. The molecule has 0 radical (unpaired) electrons. The molecule has 0 rings (SSSR count). The van der Waals surface area contributed by atoms with E-state index in [4.69, 9.17) is 4.74 Å². The molecule has 0 aromatic rings. The molecule has 0 saturated carbocycles. The molecular formula is C6H11IO2. The van der Waals surface area contributed by atoms with Gasteiger partial charge >= 0.3 is 5.97 Å². The smallest absolute Gasteiger partial charge is 0.303 e. The third kappa shape index (κ3) is 4.69. The molecule has 9 heavy (non-hydrogen) atoms. The second-order valence-electron chi connectivity index (χ2n) is 2.49. The molecule has 54 valence electrons. The standard InChI is InChI=1S/C6H11IO2/c1-5(8)9-6(2,3)4-7/h4H2,1-3H3. The first-order valence-corrected chi connectivity index (χ1v) is 4.26. The van der Waals surface area contributed by atoms with Gasteiger partial charge in [0.05, 0.1) is 0 Å². The molecule has 0 amide bonds. The molecule has 0 aliphatic heterocycles. The van der Waals surface area contributed by atoms with Crippen molar-refractivity contribution >= 4 is 28.6 Å². The highest BCUT2D eigenvalue weighted by atomic mass is 127. The van der Waals surface area contributed by atoms with Gasteiger partial charge in [0.15, 0.2) is 0 Å². The molecule has 0 aliphatic rings. The van der Waals surface area contributed by atoms with E-state index in [1.807, 2.05) is 13.8 Å². The minimum atomic E-state index is -0.299. The minimum Gasteiger partial charge on any atom is -0.459 e. The van der Waals surface area contributed by atoms with Gasteiger partial charge in [0.1, 0.15) is 5.60 Å². The molecule has 0 aromatic heterocycles. The number of hydrogen-bond acceptors (Lipinski definition) is 2. The van der Waals surface area contributed by atoms with Gasteiger partial charge in [-0.2, -0.15) is 0 Å². The highest BCUT2D eigenvalue weighted by Crippen LogP contribution is 2.12. The third-order valence-electron chi connectivity index (χ3n) is 0.742. The number of rotatable bonds is 2. The van der Waals surface area contributed by atoms with Crippen molar-refractivity contribution in [3.8, 4) is 0 Å². The molecule has 0 bridgehead atoms. The van der Waals surface area contributed by atoms with E-state index in [9.17, 15) is 4.79 Å². The first kappa shape index (κ1) is 9.20. The van der Waals surface area contributed by atoms with Crippen LogP contribution in [0, 0.1) is 0 Å². The molecule has 3 heteroatoms. The summed E-state index contributed by atoms with van der Waals surface area (Å²) in [5.74, 6) is -0.211. The number of hydrogen-bond donors (Lipinski definition) is 0. The van der Waals surface area contributed by atoms with Crippen molar-refractivity contribution in [2.45, 2.75) is 26.4 Å². The number of carbonyl (C=O) groups is 1. The van der Waals surface area contributed by atoms with Crippen LogP contribution in [0.4, 0.5) is 0 Å². The van der Waals surface area contributed by atoms with Crippen molar-refractivity contribution in [1.82, 2.24) is 0 Å². The summed E-state index contributed by atoms with van der Waals surface area (Å²) in [5, 5.41) is 0. The molecule has 0 atom stereocenters. The van der Waals surface area contributed by atoms with Crippen molar-refractivity contribution in [2.24, 2.45) is 0 Å². The lowest BCUT2D eigenvalue weighted by Crippen LogP contribution is -2.28. The summed E-state index contributed by atoms with van der Waals surface area (Å²) in [7, 11) is 0. The number of halogens is 1. The predicted octanol–water partition coefficient (Wildman–Crippen LogP) is 1.76. The maximum atomic E-state index is 10.4. The normalized spacial score (nSPS) is 11.1. The van der Waals surface area contributed by atoms with Gasteiger partial charge in [0.25, 0.3) is 0 Å². The lowest BCUT2D eigenvalue weighted by atomic mass is 10.2. The van der Waals surface area contributed by atoms with Crippen LogP contribution in [0.3, 0.4) is 0 Å². The van der Waals surface area contributed by atoms with Crippen molar-refractivity contribution in [3.63, 3.8) is 0 Å². The van der Waals surface area contributed by atoms with E-state index < -0.39 is 0 Å². The lowest BCUT2D eigenvalue weighted by Gasteiger charge is -2.20. The second-order valence-corrected chi connectivity index (χ2v) is 3.25. The molecule has 0 N–H and O–H groups in total. The van der Waals surface area contributed by atoms with Crippen molar-refractivity contribution in [1.29, 1.82) is 0 Å². The van der Waals surface area contributed by atoms with Gasteiger partial charge in [-0.15, -0.1) is 0 Å². The van der Waals surface area contributed by atoms with E-state index in [1.165, 1.54) is 6.92 Å². The highest BCUT2D eigenvalue weighted by Gasteiger charge is 2.18. The Morgan fingerprint density at radius 1 is 1.67 bits per heavy atom. The highest BCUT2D eigenvalue weighted by molar-refractivity contribution is 14.1. The Kier molecular flexibility index (Phi) is 3.46. The number of alkyl halides is 1. The van der Waals surface area contributed by atoms with E-state index >= 15 is 0 Å². The van der Waals surface area contributed by atoms with Crippen LogP contribution in [0.5, 0.6) is 0 Å². The third-order valence-corrected chi connectivity index (χ3v) is 2.58. The van der Waals surface area contributed by atoms with Crippen LogP contribution in [0.1, 0.15) is 20.8 Å². The summed E-state index contributed by atoms with van der Waals surface area (Å²) in [6, 6.07) is 0. The van der Waals surface area contributed by atoms with Crippen molar-refractivity contribution in [2.75, 3.05) is 4.43 Å². The Balaban J connectivity index is 3.71. The zero-order valence-electron chi connectivity index (χ0n) is 5.90. The Morgan fingerprint density at radius 2 is 2.11 bits per heavy atom. The largest absolute Gasteiger partial charge is 0.459 e. The van der Waals surface area contributed by atoms with Gasteiger partial charge in [0.2, 0.25) is 0 Å². The van der Waals surface area contributed by atoms with Gasteiger partial charge < -0.3 is 4.74 Å². The quantitative estimate of drug-likeness (QED) is 0.419. The Morgan fingerprint density at radius 3 is 2.22 bits per heavy atom. The summed E-state index contributed by atoms with van der Waals surface area (Å²) < 4.78 is 5.76. The Hall–Kier alpha value is 0.200. The van der Waals surface area contributed by atoms with Gasteiger partial charge in [0, 0.05) is 11.4 Å². The van der Waals surface area contributed by atoms with E-state index in [0.29, 0.717) is 0 Å². The van der Waals surface area contributed by atoms with Crippen molar-refractivity contribution < 1.29 is 9.53 Å². The van der Waals surface area contributed by atoms with E-state index in [2.05, 4.69) is 22.6 Å².